The monoisotopic (exact) mass is 247 g/mol. The Hall–Kier alpha value is -1.88. The average molecular weight is 247 g/mol. The second-order valence-corrected chi connectivity index (χ2v) is 4.11. The Bertz CT molecular complexity index is 508. The van der Waals surface area contributed by atoms with Crippen molar-refractivity contribution in [2.75, 3.05) is 0 Å². The first-order valence-corrected chi connectivity index (χ1v) is 6.04. The number of nitrogens with zero attached hydrogens (tertiary/aromatic N) is 3. The zero-order chi connectivity index (χ0) is 13.0. The third-order valence-electron chi connectivity index (χ3n) is 2.53. The molecule has 2 aromatic rings. The van der Waals surface area contributed by atoms with Crippen molar-refractivity contribution in [1.29, 1.82) is 0 Å². The Kier molecular flexibility index (Phi) is 3.94. The van der Waals surface area contributed by atoms with Crippen LogP contribution in [0.1, 0.15) is 31.9 Å². The standard InChI is InChI=1S/C13H17N3O2/c1-3-7-16-9-11(8-15-16)18-13-12(10(2)17)5-4-6-14-13/h4-6,8-10,17H,3,7H2,1-2H3/t10-/m1/s1. The molecule has 1 N–H and O–H groups in total. The molecule has 0 aliphatic heterocycles. The van der Waals surface area contributed by atoms with E-state index in [0.717, 1.165) is 13.0 Å². The van der Waals surface area contributed by atoms with Gasteiger partial charge in [-0.15, -0.1) is 0 Å². The SMILES string of the molecule is CCCn1cc(Oc2ncccc2[C@@H](C)O)cn1. The molecule has 0 aliphatic rings. The van der Waals surface area contributed by atoms with Crippen molar-refractivity contribution in [3.8, 4) is 11.6 Å². The molecule has 96 valence electrons. The van der Waals surface area contributed by atoms with Crippen LogP contribution in [-0.4, -0.2) is 19.9 Å². The number of aromatic nitrogens is 3. The molecule has 0 fully saturated rings. The van der Waals surface area contributed by atoms with Gasteiger partial charge in [0, 0.05) is 18.3 Å². The topological polar surface area (TPSA) is 60.2 Å². The molecular weight excluding hydrogens is 230 g/mol. The minimum absolute atomic E-state index is 0.420. The van der Waals surface area contributed by atoms with Gasteiger partial charge < -0.3 is 9.84 Å². The highest BCUT2D eigenvalue weighted by atomic mass is 16.5. The second kappa shape index (κ2) is 5.64. The molecule has 0 bridgehead atoms. The summed E-state index contributed by atoms with van der Waals surface area (Å²) in [6, 6.07) is 3.57. The summed E-state index contributed by atoms with van der Waals surface area (Å²) in [7, 11) is 0. The summed E-state index contributed by atoms with van der Waals surface area (Å²) in [6.45, 7) is 4.63. The number of pyridine rings is 1. The van der Waals surface area contributed by atoms with E-state index in [1.54, 1.807) is 31.5 Å². The molecule has 0 spiro atoms. The van der Waals surface area contributed by atoms with Crippen LogP contribution in [0.3, 0.4) is 0 Å². The van der Waals surface area contributed by atoms with E-state index in [9.17, 15) is 5.11 Å². The van der Waals surface area contributed by atoms with Crippen molar-refractivity contribution in [2.45, 2.75) is 32.9 Å². The molecule has 0 unspecified atom stereocenters. The molecule has 2 heterocycles. The van der Waals surface area contributed by atoms with Crippen LogP contribution in [0.2, 0.25) is 0 Å². The van der Waals surface area contributed by atoms with E-state index in [1.807, 2.05) is 10.9 Å². The van der Waals surface area contributed by atoms with Crippen LogP contribution in [0, 0.1) is 0 Å². The van der Waals surface area contributed by atoms with E-state index >= 15 is 0 Å². The maximum Gasteiger partial charge on any atom is 0.225 e. The van der Waals surface area contributed by atoms with Crippen molar-refractivity contribution >= 4 is 0 Å². The van der Waals surface area contributed by atoms with Gasteiger partial charge in [-0.25, -0.2) is 4.98 Å². The van der Waals surface area contributed by atoms with E-state index in [0.29, 0.717) is 17.2 Å². The molecule has 5 nitrogen and oxygen atoms in total. The fourth-order valence-corrected chi connectivity index (χ4v) is 1.67. The molecule has 0 radical (unpaired) electrons. The third kappa shape index (κ3) is 2.87. The van der Waals surface area contributed by atoms with E-state index in [1.165, 1.54) is 0 Å². The predicted molar refractivity (Wildman–Crippen MR) is 67.5 cm³/mol. The van der Waals surface area contributed by atoms with Gasteiger partial charge >= 0.3 is 0 Å². The van der Waals surface area contributed by atoms with Crippen molar-refractivity contribution in [3.63, 3.8) is 0 Å². The molecule has 0 aliphatic carbocycles. The van der Waals surface area contributed by atoms with E-state index < -0.39 is 6.10 Å². The van der Waals surface area contributed by atoms with Crippen LogP contribution in [0.25, 0.3) is 0 Å². The molecule has 0 saturated carbocycles. The molecular formula is C13H17N3O2. The fourth-order valence-electron chi connectivity index (χ4n) is 1.67. The van der Waals surface area contributed by atoms with Gasteiger partial charge in [0.05, 0.1) is 18.5 Å². The van der Waals surface area contributed by atoms with Crippen molar-refractivity contribution < 1.29 is 9.84 Å². The minimum atomic E-state index is -0.612. The zero-order valence-electron chi connectivity index (χ0n) is 10.6. The fraction of sp³-hybridized carbons (Fsp3) is 0.385. The predicted octanol–water partition coefficient (Wildman–Crippen LogP) is 2.53. The molecule has 18 heavy (non-hydrogen) atoms. The van der Waals surface area contributed by atoms with Gasteiger partial charge in [0.15, 0.2) is 5.75 Å². The number of aryl methyl sites for hydroxylation is 1. The third-order valence-corrected chi connectivity index (χ3v) is 2.53. The lowest BCUT2D eigenvalue weighted by atomic mass is 10.2. The Morgan fingerprint density at radius 2 is 2.33 bits per heavy atom. The molecule has 2 aromatic heterocycles. The summed E-state index contributed by atoms with van der Waals surface area (Å²) in [5.74, 6) is 1.05. The van der Waals surface area contributed by atoms with Gasteiger partial charge in [0.2, 0.25) is 5.88 Å². The maximum atomic E-state index is 9.63. The largest absolute Gasteiger partial charge is 0.435 e. The van der Waals surface area contributed by atoms with Gasteiger partial charge in [-0.05, 0) is 25.5 Å². The van der Waals surface area contributed by atoms with E-state index in [2.05, 4.69) is 17.0 Å². The number of aliphatic hydroxyl groups is 1. The molecule has 5 heteroatoms. The molecule has 2 rings (SSSR count). The van der Waals surface area contributed by atoms with Crippen LogP contribution < -0.4 is 4.74 Å². The molecule has 0 aromatic carbocycles. The summed E-state index contributed by atoms with van der Waals surface area (Å²) < 4.78 is 7.46. The van der Waals surface area contributed by atoms with Gasteiger partial charge in [0.25, 0.3) is 0 Å². The van der Waals surface area contributed by atoms with Gasteiger partial charge in [-0.1, -0.05) is 6.92 Å². The first-order chi connectivity index (χ1) is 8.70. The van der Waals surface area contributed by atoms with Crippen molar-refractivity contribution in [1.82, 2.24) is 14.8 Å². The lowest BCUT2D eigenvalue weighted by Crippen LogP contribution is -1.98. The van der Waals surface area contributed by atoms with Gasteiger partial charge in [0.1, 0.15) is 0 Å². The summed E-state index contributed by atoms with van der Waals surface area (Å²) in [4.78, 5) is 4.13. The highest BCUT2D eigenvalue weighted by Crippen LogP contribution is 2.26. The van der Waals surface area contributed by atoms with Crippen molar-refractivity contribution in [2.24, 2.45) is 0 Å². The van der Waals surface area contributed by atoms with Crippen LogP contribution in [0.4, 0.5) is 0 Å². The Morgan fingerprint density at radius 1 is 1.50 bits per heavy atom. The molecule has 1 atom stereocenters. The molecule has 0 amide bonds. The normalized spacial score (nSPS) is 12.4. The van der Waals surface area contributed by atoms with E-state index in [4.69, 9.17) is 4.74 Å². The highest BCUT2D eigenvalue weighted by molar-refractivity contribution is 5.31. The minimum Gasteiger partial charge on any atom is -0.435 e. The highest BCUT2D eigenvalue weighted by Gasteiger charge is 2.11. The Balaban J connectivity index is 2.17. The van der Waals surface area contributed by atoms with E-state index in [-0.39, 0.29) is 0 Å². The number of rotatable bonds is 5. The van der Waals surface area contributed by atoms with Gasteiger partial charge in [-0.2, -0.15) is 5.10 Å². The second-order valence-electron chi connectivity index (χ2n) is 4.11. The quantitative estimate of drug-likeness (QED) is 0.882. The maximum absolute atomic E-state index is 9.63. The van der Waals surface area contributed by atoms with Crippen LogP contribution in [0.5, 0.6) is 11.6 Å². The van der Waals surface area contributed by atoms with Crippen LogP contribution in [0.15, 0.2) is 30.7 Å². The first-order valence-electron chi connectivity index (χ1n) is 6.04. The Morgan fingerprint density at radius 3 is 3.06 bits per heavy atom. The number of hydrogen-bond acceptors (Lipinski definition) is 4. The van der Waals surface area contributed by atoms with Crippen molar-refractivity contribution in [3.05, 3.63) is 36.3 Å². The lowest BCUT2D eigenvalue weighted by Gasteiger charge is -2.09. The number of aliphatic hydroxyl groups excluding tert-OH is 1. The first kappa shape index (κ1) is 12.6. The Labute approximate surface area is 106 Å². The van der Waals surface area contributed by atoms with Gasteiger partial charge in [-0.3, -0.25) is 4.68 Å². The summed E-state index contributed by atoms with van der Waals surface area (Å²) >= 11 is 0. The average Bonchev–Trinajstić information content (AvgIpc) is 2.77. The lowest BCUT2D eigenvalue weighted by molar-refractivity contribution is 0.194. The smallest absolute Gasteiger partial charge is 0.225 e. The summed E-state index contributed by atoms with van der Waals surface area (Å²) in [5, 5.41) is 13.8. The van der Waals surface area contributed by atoms with Crippen LogP contribution in [-0.2, 0) is 6.54 Å². The number of hydrogen-bond donors (Lipinski definition) is 1. The zero-order valence-corrected chi connectivity index (χ0v) is 10.6. The van der Waals surface area contributed by atoms with Crippen LogP contribution >= 0.6 is 0 Å². The number of ether oxygens (including phenoxy) is 1. The summed E-state index contributed by atoms with van der Waals surface area (Å²) in [6.07, 6.45) is 5.51. The molecule has 0 saturated heterocycles. The summed E-state index contributed by atoms with van der Waals surface area (Å²) in [5.41, 5.74) is 0.667.